The van der Waals surface area contributed by atoms with Gasteiger partial charge in [-0.3, -0.25) is 0 Å². The van der Waals surface area contributed by atoms with Crippen molar-refractivity contribution in [3.05, 3.63) is 36.4 Å². The third-order valence-electron chi connectivity index (χ3n) is 2.27. The van der Waals surface area contributed by atoms with Crippen molar-refractivity contribution >= 4 is 12.0 Å². The number of esters is 1. The van der Waals surface area contributed by atoms with Crippen molar-refractivity contribution in [1.29, 1.82) is 0 Å². The molecule has 0 aliphatic rings. The summed E-state index contributed by atoms with van der Waals surface area (Å²) in [6.45, 7) is 9.19. The lowest BCUT2D eigenvalue weighted by Crippen LogP contribution is -2.39. The molecule has 0 radical (unpaired) electrons. The summed E-state index contributed by atoms with van der Waals surface area (Å²) in [5.74, 6) is 0.249. The van der Waals surface area contributed by atoms with Crippen LogP contribution in [0.3, 0.4) is 0 Å². The van der Waals surface area contributed by atoms with Gasteiger partial charge in [0.25, 0.3) is 0 Å². The van der Waals surface area contributed by atoms with E-state index < -0.39 is 5.60 Å². The van der Waals surface area contributed by atoms with E-state index in [1.54, 1.807) is 32.9 Å². The Kier molecular flexibility index (Phi) is 4.32. The summed E-state index contributed by atoms with van der Waals surface area (Å²) in [6, 6.07) is 7.42. The Balaban J connectivity index is 2.89. The van der Waals surface area contributed by atoms with E-state index in [0.717, 1.165) is 5.56 Å². The molecule has 0 amide bonds. The maximum absolute atomic E-state index is 11.7. The van der Waals surface area contributed by atoms with Gasteiger partial charge in [0.2, 0.25) is 0 Å². The minimum absolute atomic E-state index is 0.342. The minimum Gasteiger partial charge on any atom is -0.476 e. The molecule has 0 heterocycles. The first-order chi connectivity index (χ1) is 8.01. The second kappa shape index (κ2) is 5.53. The van der Waals surface area contributed by atoms with Gasteiger partial charge in [-0.1, -0.05) is 30.9 Å². The van der Waals surface area contributed by atoms with Gasteiger partial charge in [0.1, 0.15) is 5.75 Å². The largest absolute Gasteiger partial charge is 0.476 e. The maximum Gasteiger partial charge on any atom is 0.349 e. The van der Waals surface area contributed by atoms with Crippen LogP contribution in [-0.2, 0) is 9.53 Å². The van der Waals surface area contributed by atoms with Gasteiger partial charge in [-0.05, 0) is 26.8 Å². The van der Waals surface area contributed by atoms with E-state index in [-0.39, 0.29) is 5.97 Å². The lowest BCUT2D eigenvalue weighted by molar-refractivity contribution is -0.158. The first-order valence-electron chi connectivity index (χ1n) is 5.59. The lowest BCUT2D eigenvalue weighted by Gasteiger charge is -2.25. The molecule has 1 aromatic carbocycles. The van der Waals surface area contributed by atoms with Crippen LogP contribution in [0.25, 0.3) is 6.08 Å². The van der Waals surface area contributed by atoms with E-state index in [4.69, 9.17) is 9.47 Å². The average molecular weight is 234 g/mol. The van der Waals surface area contributed by atoms with Crippen LogP contribution in [0.4, 0.5) is 0 Å². The lowest BCUT2D eigenvalue weighted by atomic mass is 10.1. The van der Waals surface area contributed by atoms with Gasteiger partial charge in [0.05, 0.1) is 6.61 Å². The SMILES string of the molecule is C=Cc1ccccc1OC(C)(C)C(=O)OCC. The average Bonchev–Trinajstić information content (AvgIpc) is 2.29. The Bertz CT molecular complexity index is 408. The van der Waals surface area contributed by atoms with Gasteiger partial charge in [0, 0.05) is 5.56 Å². The number of ether oxygens (including phenoxy) is 2. The molecular formula is C14H18O3. The monoisotopic (exact) mass is 234 g/mol. The molecule has 0 aliphatic carbocycles. The summed E-state index contributed by atoms with van der Waals surface area (Å²) in [7, 11) is 0. The Morgan fingerprint density at radius 3 is 2.65 bits per heavy atom. The van der Waals surface area contributed by atoms with Crippen LogP contribution in [0.15, 0.2) is 30.8 Å². The van der Waals surface area contributed by atoms with Crippen molar-refractivity contribution in [2.45, 2.75) is 26.4 Å². The van der Waals surface area contributed by atoms with E-state index in [1.807, 2.05) is 18.2 Å². The van der Waals surface area contributed by atoms with Crippen LogP contribution in [0.1, 0.15) is 26.3 Å². The van der Waals surface area contributed by atoms with Crippen molar-refractivity contribution in [2.24, 2.45) is 0 Å². The number of para-hydroxylation sites is 1. The fourth-order valence-electron chi connectivity index (χ4n) is 1.36. The topological polar surface area (TPSA) is 35.5 Å². The van der Waals surface area contributed by atoms with Crippen molar-refractivity contribution in [3.8, 4) is 5.75 Å². The summed E-state index contributed by atoms with van der Waals surface area (Å²) in [5, 5.41) is 0. The number of hydrogen-bond donors (Lipinski definition) is 0. The first kappa shape index (κ1) is 13.3. The second-order valence-corrected chi connectivity index (χ2v) is 4.07. The molecule has 0 bridgehead atoms. The molecule has 92 valence electrons. The molecule has 0 spiro atoms. The third-order valence-corrected chi connectivity index (χ3v) is 2.27. The summed E-state index contributed by atoms with van der Waals surface area (Å²) in [6.07, 6.45) is 1.69. The van der Waals surface area contributed by atoms with Crippen molar-refractivity contribution in [3.63, 3.8) is 0 Å². The van der Waals surface area contributed by atoms with Crippen molar-refractivity contribution in [2.75, 3.05) is 6.61 Å². The summed E-state index contributed by atoms with van der Waals surface area (Å²) >= 11 is 0. The van der Waals surface area contributed by atoms with Gasteiger partial charge >= 0.3 is 5.97 Å². The van der Waals surface area contributed by atoms with Crippen LogP contribution >= 0.6 is 0 Å². The molecule has 1 rings (SSSR count). The highest BCUT2D eigenvalue weighted by Crippen LogP contribution is 2.24. The molecule has 0 fully saturated rings. The molecule has 0 saturated carbocycles. The summed E-state index contributed by atoms with van der Waals surface area (Å²) in [4.78, 5) is 11.7. The molecule has 3 nitrogen and oxygen atoms in total. The predicted octanol–water partition coefficient (Wildman–Crippen LogP) is 3.05. The molecule has 0 atom stereocenters. The van der Waals surface area contributed by atoms with Crippen molar-refractivity contribution in [1.82, 2.24) is 0 Å². The van der Waals surface area contributed by atoms with Crippen molar-refractivity contribution < 1.29 is 14.3 Å². The summed E-state index contributed by atoms with van der Waals surface area (Å²) < 4.78 is 10.7. The fourth-order valence-corrected chi connectivity index (χ4v) is 1.36. The second-order valence-electron chi connectivity index (χ2n) is 4.07. The molecule has 0 N–H and O–H groups in total. The number of hydrogen-bond acceptors (Lipinski definition) is 3. The zero-order chi connectivity index (χ0) is 12.9. The highest BCUT2D eigenvalue weighted by Gasteiger charge is 2.31. The number of carbonyl (C=O) groups excluding carboxylic acids is 1. The maximum atomic E-state index is 11.7. The van der Waals surface area contributed by atoms with Gasteiger partial charge < -0.3 is 9.47 Å². The number of carbonyl (C=O) groups is 1. The van der Waals surface area contributed by atoms with E-state index in [9.17, 15) is 4.79 Å². The predicted molar refractivity (Wildman–Crippen MR) is 67.9 cm³/mol. The normalized spacial score (nSPS) is 10.8. The van der Waals surface area contributed by atoms with E-state index in [1.165, 1.54) is 0 Å². The van der Waals surface area contributed by atoms with Crippen LogP contribution in [0.2, 0.25) is 0 Å². The van der Waals surface area contributed by atoms with E-state index in [0.29, 0.717) is 12.4 Å². The quantitative estimate of drug-likeness (QED) is 0.734. The molecule has 0 unspecified atom stereocenters. The van der Waals surface area contributed by atoms with Gasteiger partial charge in [-0.25, -0.2) is 4.79 Å². The Morgan fingerprint density at radius 1 is 1.41 bits per heavy atom. The molecule has 0 aromatic heterocycles. The fraction of sp³-hybridized carbons (Fsp3) is 0.357. The number of rotatable bonds is 5. The van der Waals surface area contributed by atoms with Crippen LogP contribution in [0.5, 0.6) is 5.75 Å². The third kappa shape index (κ3) is 3.34. The Hall–Kier alpha value is -1.77. The molecule has 3 heteroatoms. The van der Waals surface area contributed by atoms with E-state index >= 15 is 0 Å². The zero-order valence-corrected chi connectivity index (χ0v) is 10.5. The van der Waals surface area contributed by atoms with Gasteiger partial charge in [0.15, 0.2) is 5.60 Å². The molecular weight excluding hydrogens is 216 g/mol. The molecule has 0 aliphatic heterocycles. The van der Waals surface area contributed by atoms with Gasteiger partial charge in [-0.15, -0.1) is 0 Å². The highest BCUT2D eigenvalue weighted by atomic mass is 16.6. The minimum atomic E-state index is -1.00. The first-order valence-corrected chi connectivity index (χ1v) is 5.59. The van der Waals surface area contributed by atoms with E-state index in [2.05, 4.69) is 6.58 Å². The highest BCUT2D eigenvalue weighted by molar-refractivity contribution is 5.79. The van der Waals surface area contributed by atoms with Crippen LogP contribution < -0.4 is 4.74 Å². The summed E-state index contributed by atoms with van der Waals surface area (Å²) in [5.41, 5.74) is -0.153. The standard InChI is InChI=1S/C14H18O3/c1-5-11-9-7-8-10-12(11)17-14(3,4)13(15)16-6-2/h5,7-10H,1,6H2,2-4H3. The smallest absolute Gasteiger partial charge is 0.349 e. The zero-order valence-electron chi connectivity index (χ0n) is 10.5. The van der Waals surface area contributed by atoms with Gasteiger partial charge in [-0.2, -0.15) is 0 Å². The number of benzene rings is 1. The van der Waals surface area contributed by atoms with Crippen LogP contribution in [0, 0.1) is 0 Å². The molecule has 1 aromatic rings. The van der Waals surface area contributed by atoms with Crippen LogP contribution in [-0.4, -0.2) is 18.2 Å². The Labute approximate surface area is 102 Å². The molecule has 0 saturated heterocycles. The Morgan fingerprint density at radius 2 is 2.06 bits per heavy atom. The molecule has 17 heavy (non-hydrogen) atoms.